The second kappa shape index (κ2) is 10.5. The van der Waals surface area contributed by atoms with Crippen LogP contribution in [0.25, 0.3) is 11.1 Å². The largest absolute Gasteiger partial charge is 0.460 e. The molecule has 3 aromatic rings. The zero-order valence-electron chi connectivity index (χ0n) is 21.1. The maximum Gasteiger partial charge on any atom is 0.323 e. The lowest BCUT2D eigenvalue weighted by atomic mass is 9.79. The fourth-order valence-corrected chi connectivity index (χ4v) is 4.88. The highest BCUT2D eigenvalue weighted by Gasteiger charge is 2.46. The van der Waals surface area contributed by atoms with Crippen molar-refractivity contribution in [2.45, 2.75) is 50.8 Å². The van der Waals surface area contributed by atoms with E-state index in [9.17, 15) is 9.59 Å². The van der Waals surface area contributed by atoms with Crippen molar-refractivity contribution in [3.63, 3.8) is 0 Å². The minimum atomic E-state index is -0.805. The summed E-state index contributed by atoms with van der Waals surface area (Å²) < 4.78 is 11.0. The van der Waals surface area contributed by atoms with Crippen molar-refractivity contribution in [3.05, 3.63) is 108 Å². The molecule has 0 spiro atoms. The molecule has 1 aliphatic rings. The van der Waals surface area contributed by atoms with Gasteiger partial charge in [-0.2, -0.15) is 0 Å². The molecule has 0 saturated carbocycles. The van der Waals surface area contributed by atoms with Crippen LogP contribution in [0.2, 0.25) is 0 Å². The van der Waals surface area contributed by atoms with Gasteiger partial charge in [-0.1, -0.05) is 91.5 Å². The van der Waals surface area contributed by atoms with Crippen molar-refractivity contribution >= 4 is 11.9 Å². The zero-order valence-corrected chi connectivity index (χ0v) is 21.1. The molecule has 0 bridgehead atoms. The third-order valence-corrected chi connectivity index (χ3v) is 6.23. The van der Waals surface area contributed by atoms with Gasteiger partial charge in [-0.05, 0) is 55.0 Å². The molecule has 4 rings (SSSR count). The molecule has 0 unspecified atom stereocenters. The van der Waals surface area contributed by atoms with Crippen LogP contribution in [0.1, 0.15) is 50.3 Å². The first-order chi connectivity index (χ1) is 17.3. The van der Waals surface area contributed by atoms with Gasteiger partial charge in [0.15, 0.2) is 0 Å². The first-order valence-electron chi connectivity index (χ1n) is 12.3. The lowest BCUT2D eigenvalue weighted by Gasteiger charge is -2.37. The van der Waals surface area contributed by atoms with E-state index in [0.717, 1.165) is 27.8 Å². The maximum absolute atomic E-state index is 13.3. The van der Waals surface area contributed by atoms with Crippen molar-refractivity contribution < 1.29 is 19.1 Å². The smallest absolute Gasteiger partial charge is 0.323 e. The minimum Gasteiger partial charge on any atom is -0.460 e. The Hall–Kier alpha value is -3.70. The van der Waals surface area contributed by atoms with E-state index in [1.807, 2.05) is 63.2 Å². The van der Waals surface area contributed by atoms with Crippen molar-refractivity contribution in [3.8, 4) is 11.1 Å². The Morgan fingerprint density at radius 1 is 0.917 bits per heavy atom. The standard InChI is InChI=1S/C31H33NO4/c1-5-21-35-29(34)27(19-20-28(33)36-30(2,3)4)32-31(22-13-7-6-8-14-22)25-17-11-9-15-23(25)24-16-10-12-18-26(24)31/h5-18,27,32H,1,19-21H2,2-4H3/t27-/m0/s1. The third kappa shape index (κ3) is 5.12. The number of rotatable bonds is 9. The van der Waals surface area contributed by atoms with Crippen LogP contribution in [0.5, 0.6) is 0 Å². The van der Waals surface area contributed by atoms with Crippen LogP contribution in [-0.2, 0) is 24.6 Å². The maximum atomic E-state index is 13.3. The Kier molecular flexibility index (Phi) is 7.41. The Balaban J connectivity index is 1.80. The van der Waals surface area contributed by atoms with Crippen LogP contribution in [0.4, 0.5) is 0 Å². The van der Waals surface area contributed by atoms with E-state index in [1.165, 1.54) is 6.08 Å². The molecule has 1 aliphatic carbocycles. The van der Waals surface area contributed by atoms with E-state index >= 15 is 0 Å². The van der Waals surface area contributed by atoms with Crippen LogP contribution in [0, 0.1) is 0 Å². The zero-order chi connectivity index (χ0) is 25.8. The van der Waals surface area contributed by atoms with Gasteiger partial charge in [0.1, 0.15) is 18.2 Å². The molecule has 1 N–H and O–H groups in total. The molecular formula is C31H33NO4. The first kappa shape index (κ1) is 25.4. The van der Waals surface area contributed by atoms with Gasteiger partial charge in [0.2, 0.25) is 0 Å². The van der Waals surface area contributed by atoms with E-state index in [2.05, 4.69) is 48.3 Å². The lowest BCUT2D eigenvalue weighted by molar-refractivity contribution is -0.155. The van der Waals surface area contributed by atoms with E-state index in [1.54, 1.807) is 0 Å². The summed E-state index contributed by atoms with van der Waals surface area (Å²) in [6, 6.07) is 25.8. The molecule has 0 fully saturated rings. The normalized spacial score (nSPS) is 14.3. The Morgan fingerprint density at radius 3 is 2.03 bits per heavy atom. The number of ether oxygens (including phenoxy) is 2. The summed E-state index contributed by atoms with van der Waals surface area (Å²) in [7, 11) is 0. The van der Waals surface area contributed by atoms with Crippen molar-refractivity contribution in [2.24, 2.45) is 0 Å². The lowest BCUT2D eigenvalue weighted by Crippen LogP contribution is -2.52. The monoisotopic (exact) mass is 483 g/mol. The third-order valence-electron chi connectivity index (χ3n) is 6.23. The summed E-state index contributed by atoms with van der Waals surface area (Å²) in [6.07, 6.45) is 1.84. The molecule has 3 aromatic carbocycles. The molecule has 1 atom stereocenters. The predicted octanol–water partition coefficient (Wildman–Crippen LogP) is 5.77. The van der Waals surface area contributed by atoms with Gasteiger partial charge < -0.3 is 9.47 Å². The van der Waals surface area contributed by atoms with Gasteiger partial charge in [-0.15, -0.1) is 0 Å². The molecule has 186 valence electrons. The fourth-order valence-electron chi connectivity index (χ4n) is 4.88. The minimum absolute atomic E-state index is 0.0757. The average Bonchev–Trinajstić information content (AvgIpc) is 3.15. The summed E-state index contributed by atoms with van der Waals surface area (Å²) in [5.74, 6) is -0.789. The van der Waals surface area contributed by atoms with Crippen molar-refractivity contribution in [1.82, 2.24) is 5.32 Å². The Labute approximate surface area is 213 Å². The summed E-state index contributed by atoms with van der Waals surface area (Å²) in [4.78, 5) is 25.9. The van der Waals surface area contributed by atoms with Gasteiger partial charge in [0, 0.05) is 6.42 Å². The van der Waals surface area contributed by atoms with Gasteiger partial charge in [0.25, 0.3) is 0 Å². The van der Waals surface area contributed by atoms with Gasteiger partial charge in [0.05, 0.1) is 5.54 Å². The number of esters is 2. The van der Waals surface area contributed by atoms with E-state index < -0.39 is 23.2 Å². The second-order valence-corrected chi connectivity index (χ2v) is 9.95. The highest BCUT2D eigenvalue weighted by molar-refractivity contribution is 5.84. The van der Waals surface area contributed by atoms with Crippen molar-refractivity contribution in [2.75, 3.05) is 6.61 Å². The van der Waals surface area contributed by atoms with Crippen LogP contribution >= 0.6 is 0 Å². The van der Waals surface area contributed by atoms with E-state index in [4.69, 9.17) is 9.47 Å². The number of hydrogen-bond donors (Lipinski definition) is 1. The summed E-state index contributed by atoms with van der Waals surface area (Å²) in [6.45, 7) is 9.24. The number of carbonyl (C=O) groups excluding carboxylic acids is 2. The molecular weight excluding hydrogens is 450 g/mol. The highest BCUT2D eigenvalue weighted by atomic mass is 16.6. The first-order valence-corrected chi connectivity index (χ1v) is 12.3. The molecule has 0 saturated heterocycles. The average molecular weight is 484 g/mol. The van der Waals surface area contributed by atoms with Crippen LogP contribution in [0.15, 0.2) is 91.5 Å². The quantitative estimate of drug-likeness (QED) is 0.309. The fraction of sp³-hybridized carbons (Fsp3) is 0.290. The topological polar surface area (TPSA) is 64.6 Å². The summed E-state index contributed by atoms with van der Waals surface area (Å²) in [5.41, 5.74) is 3.91. The molecule has 5 heteroatoms. The van der Waals surface area contributed by atoms with Crippen molar-refractivity contribution in [1.29, 1.82) is 0 Å². The van der Waals surface area contributed by atoms with Crippen LogP contribution in [0.3, 0.4) is 0 Å². The molecule has 0 amide bonds. The molecule has 0 radical (unpaired) electrons. The Bertz CT molecular complexity index is 1200. The Morgan fingerprint density at radius 2 is 1.47 bits per heavy atom. The SMILES string of the molecule is C=CCOC(=O)[C@H](CCC(=O)OC(C)(C)C)NC1(c2ccccc2)c2ccccc2-c2ccccc21. The van der Waals surface area contributed by atoms with Gasteiger partial charge in [-0.25, -0.2) is 0 Å². The number of benzene rings is 3. The number of fused-ring (bicyclic) bond motifs is 3. The van der Waals surface area contributed by atoms with Crippen LogP contribution in [-0.4, -0.2) is 30.2 Å². The molecule has 0 aliphatic heterocycles. The second-order valence-electron chi connectivity index (χ2n) is 9.95. The molecule has 0 aromatic heterocycles. The summed E-state index contributed by atoms with van der Waals surface area (Å²) in [5, 5.41) is 3.67. The van der Waals surface area contributed by atoms with E-state index in [0.29, 0.717) is 0 Å². The molecule has 36 heavy (non-hydrogen) atoms. The predicted molar refractivity (Wildman–Crippen MR) is 141 cm³/mol. The number of nitrogens with one attached hydrogen (secondary N) is 1. The summed E-state index contributed by atoms with van der Waals surface area (Å²) >= 11 is 0. The van der Waals surface area contributed by atoms with Gasteiger partial charge >= 0.3 is 11.9 Å². The molecule has 0 heterocycles. The number of hydrogen-bond acceptors (Lipinski definition) is 5. The van der Waals surface area contributed by atoms with E-state index in [-0.39, 0.29) is 25.4 Å². The number of carbonyl (C=O) groups is 2. The van der Waals surface area contributed by atoms with Gasteiger partial charge in [-0.3, -0.25) is 14.9 Å². The highest BCUT2D eigenvalue weighted by Crippen LogP contribution is 2.51. The molecule has 5 nitrogen and oxygen atoms in total. The van der Waals surface area contributed by atoms with Crippen LogP contribution < -0.4 is 5.32 Å².